The Balaban J connectivity index is 2.62. The lowest BCUT2D eigenvalue weighted by Crippen LogP contribution is -2.39. The first kappa shape index (κ1) is 10.3. The molecule has 0 saturated carbocycles. The molecule has 80 valence electrons. The van der Waals surface area contributed by atoms with Crippen LogP contribution in [-0.4, -0.2) is 12.2 Å². The number of halogens is 1. The van der Waals surface area contributed by atoms with Gasteiger partial charge >= 0.3 is 0 Å². The highest BCUT2D eigenvalue weighted by Crippen LogP contribution is 2.33. The second kappa shape index (κ2) is 3.43. The maximum absolute atomic E-state index is 10.1. The molecule has 1 aromatic rings. The summed E-state index contributed by atoms with van der Waals surface area (Å²) in [6, 6.07) is 5.34. The van der Waals surface area contributed by atoms with E-state index in [1.54, 1.807) is 32.4 Å². The van der Waals surface area contributed by atoms with E-state index in [0.29, 0.717) is 16.3 Å². The van der Waals surface area contributed by atoms with Crippen LogP contribution in [0.25, 0.3) is 5.76 Å². The van der Waals surface area contributed by atoms with Crippen LogP contribution in [0.4, 0.5) is 0 Å². The molecule has 1 heterocycles. The van der Waals surface area contributed by atoms with Crippen molar-refractivity contribution in [3.05, 3.63) is 40.5 Å². The molecular formula is C11H12ClNO2. The van der Waals surface area contributed by atoms with Gasteiger partial charge in [-0.25, -0.2) is 0 Å². The van der Waals surface area contributed by atoms with Crippen molar-refractivity contribution in [2.75, 3.05) is 7.11 Å². The minimum absolute atomic E-state index is 0.591. The van der Waals surface area contributed by atoms with Crippen molar-refractivity contribution in [3.8, 4) is 0 Å². The minimum atomic E-state index is -1.11. The molecule has 0 radical (unpaired) electrons. The van der Waals surface area contributed by atoms with E-state index >= 15 is 0 Å². The van der Waals surface area contributed by atoms with Crippen molar-refractivity contribution in [2.24, 2.45) is 0 Å². The number of ether oxygens (including phenoxy) is 1. The average Bonchev–Trinajstić information content (AvgIpc) is 2.19. The Bertz CT molecular complexity index is 427. The van der Waals surface area contributed by atoms with Crippen LogP contribution in [-0.2, 0) is 10.5 Å². The summed E-state index contributed by atoms with van der Waals surface area (Å²) in [4.78, 5) is 0. The molecule has 4 heteroatoms. The summed E-state index contributed by atoms with van der Waals surface area (Å²) in [5, 5.41) is 13.5. The first-order valence-corrected chi connectivity index (χ1v) is 4.97. The predicted molar refractivity (Wildman–Crippen MR) is 59.1 cm³/mol. The van der Waals surface area contributed by atoms with Gasteiger partial charge in [-0.2, -0.15) is 0 Å². The van der Waals surface area contributed by atoms with E-state index in [9.17, 15) is 5.11 Å². The third-order valence-corrected chi connectivity index (χ3v) is 2.71. The molecule has 3 nitrogen and oxygen atoms in total. The molecule has 2 rings (SSSR count). The van der Waals surface area contributed by atoms with Crippen molar-refractivity contribution >= 4 is 17.4 Å². The van der Waals surface area contributed by atoms with Crippen LogP contribution in [0.2, 0.25) is 5.02 Å². The van der Waals surface area contributed by atoms with Gasteiger partial charge in [-0.05, 0) is 25.1 Å². The van der Waals surface area contributed by atoms with Crippen molar-refractivity contribution in [2.45, 2.75) is 12.6 Å². The van der Waals surface area contributed by atoms with Crippen molar-refractivity contribution in [1.82, 2.24) is 5.32 Å². The molecule has 1 unspecified atom stereocenters. The lowest BCUT2D eigenvalue weighted by Gasteiger charge is -2.31. The minimum Gasteiger partial charge on any atom is -0.495 e. The highest BCUT2D eigenvalue weighted by atomic mass is 35.5. The van der Waals surface area contributed by atoms with Gasteiger partial charge in [-0.3, -0.25) is 0 Å². The lowest BCUT2D eigenvalue weighted by atomic mass is 9.94. The molecular weight excluding hydrogens is 214 g/mol. The van der Waals surface area contributed by atoms with Crippen LogP contribution in [0.1, 0.15) is 18.1 Å². The Kier molecular flexibility index (Phi) is 2.37. The Morgan fingerprint density at radius 1 is 1.47 bits per heavy atom. The summed E-state index contributed by atoms with van der Waals surface area (Å²) in [5.74, 6) is 0.688. The number of methoxy groups -OCH3 is 1. The van der Waals surface area contributed by atoms with E-state index in [2.05, 4.69) is 5.32 Å². The third kappa shape index (κ3) is 1.68. The van der Waals surface area contributed by atoms with Gasteiger partial charge in [0.25, 0.3) is 0 Å². The first-order chi connectivity index (χ1) is 7.04. The van der Waals surface area contributed by atoms with Crippen LogP contribution in [0.15, 0.2) is 24.4 Å². The summed E-state index contributed by atoms with van der Waals surface area (Å²) in [6.07, 6.45) is 1.65. The smallest absolute Gasteiger partial charge is 0.159 e. The maximum Gasteiger partial charge on any atom is 0.159 e. The van der Waals surface area contributed by atoms with E-state index in [4.69, 9.17) is 16.3 Å². The molecule has 0 fully saturated rings. The fourth-order valence-corrected chi connectivity index (χ4v) is 1.84. The van der Waals surface area contributed by atoms with E-state index in [0.717, 1.165) is 5.56 Å². The summed E-state index contributed by atoms with van der Waals surface area (Å²) in [7, 11) is 1.59. The summed E-state index contributed by atoms with van der Waals surface area (Å²) in [5.41, 5.74) is 0.461. The second-order valence-corrected chi connectivity index (χ2v) is 4.06. The normalized spacial score (nSPS) is 23.9. The number of aliphatic hydroxyl groups is 1. The number of fused-ring (bicyclic) bond motifs is 1. The Morgan fingerprint density at radius 2 is 2.20 bits per heavy atom. The van der Waals surface area contributed by atoms with Gasteiger partial charge in [0.1, 0.15) is 5.76 Å². The summed E-state index contributed by atoms with van der Waals surface area (Å²) >= 11 is 5.90. The summed E-state index contributed by atoms with van der Waals surface area (Å²) < 4.78 is 5.20. The van der Waals surface area contributed by atoms with Crippen molar-refractivity contribution in [3.63, 3.8) is 0 Å². The van der Waals surface area contributed by atoms with Crippen LogP contribution in [0.5, 0.6) is 0 Å². The number of benzene rings is 1. The van der Waals surface area contributed by atoms with Crippen LogP contribution in [0, 0.1) is 0 Å². The van der Waals surface area contributed by atoms with E-state index in [-0.39, 0.29) is 0 Å². The molecule has 15 heavy (non-hydrogen) atoms. The maximum atomic E-state index is 10.1. The number of hydrogen-bond acceptors (Lipinski definition) is 3. The largest absolute Gasteiger partial charge is 0.495 e. The van der Waals surface area contributed by atoms with Crippen LogP contribution >= 0.6 is 11.6 Å². The summed E-state index contributed by atoms with van der Waals surface area (Å²) in [6.45, 7) is 1.67. The molecule has 0 aromatic heterocycles. The van der Waals surface area contributed by atoms with Gasteiger partial charge in [-0.15, -0.1) is 0 Å². The quantitative estimate of drug-likeness (QED) is 0.769. The van der Waals surface area contributed by atoms with Crippen LogP contribution < -0.4 is 5.32 Å². The predicted octanol–water partition coefficient (Wildman–Crippen LogP) is 2.05. The number of nitrogens with one attached hydrogen (secondary N) is 1. The molecule has 1 aliphatic rings. The molecule has 2 N–H and O–H groups in total. The zero-order valence-electron chi connectivity index (χ0n) is 8.54. The monoisotopic (exact) mass is 225 g/mol. The van der Waals surface area contributed by atoms with Crippen molar-refractivity contribution < 1.29 is 9.84 Å². The fraction of sp³-hybridized carbons (Fsp3) is 0.273. The van der Waals surface area contributed by atoms with E-state index < -0.39 is 5.72 Å². The average molecular weight is 226 g/mol. The first-order valence-electron chi connectivity index (χ1n) is 4.59. The topological polar surface area (TPSA) is 41.5 Å². The number of hydrogen-bond donors (Lipinski definition) is 2. The van der Waals surface area contributed by atoms with Gasteiger partial charge in [0.2, 0.25) is 0 Å². The lowest BCUT2D eigenvalue weighted by molar-refractivity contribution is 0.0313. The molecule has 0 saturated heterocycles. The molecule has 0 spiro atoms. The molecule has 0 bridgehead atoms. The Hall–Kier alpha value is -1.19. The fourth-order valence-electron chi connectivity index (χ4n) is 1.66. The SMILES string of the molecule is COC1=CNC(C)(O)c2cc(Cl)ccc21. The second-order valence-electron chi connectivity index (χ2n) is 3.62. The van der Waals surface area contributed by atoms with E-state index in [1.807, 2.05) is 6.07 Å². The highest BCUT2D eigenvalue weighted by Gasteiger charge is 2.30. The standard InChI is InChI=1S/C11H12ClNO2/c1-11(14)9-5-7(12)3-4-8(9)10(15-2)6-13-11/h3-6,13-14H,1-2H3. The van der Waals surface area contributed by atoms with Gasteiger partial charge in [0, 0.05) is 22.3 Å². The Labute approximate surface area is 93.3 Å². The third-order valence-electron chi connectivity index (χ3n) is 2.48. The van der Waals surface area contributed by atoms with Crippen molar-refractivity contribution in [1.29, 1.82) is 0 Å². The molecule has 0 amide bonds. The van der Waals surface area contributed by atoms with E-state index in [1.165, 1.54) is 0 Å². The van der Waals surface area contributed by atoms with Crippen LogP contribution in [0.3, 0.4) is 0 Å². The molecule has 1 aromatic carbocycles. The molecule has 0 aliphatic carbocycles. The van der Waals surface area contributed by atoms with Gasteiger partial charge in [-0.1, -0.05) is 11.6 Å². The van der Waals surface area contributed by atoms with Gasteiger partial charge < -0.3 is 15.2 Å². The molecule has 1 atom stereocenters. The molecule has 1 aliphatic heterocycles. The van der Waals surface area contributed by atoms with Gasteiger partial charge in [0.15, 0.2) is 5.72 Å². The Morgan fingerprint density at radius 3 is 2.87 bits per heavy atom. The number of rotatable bonds is 1. The zero-order chi connectivity index (χ0) is 11.1. The zero-order valence-corrected chi connectivity index (χ0v) is 9.30. The highest BCUT2D eigenvalue weighted by molar-refractivity contribution is 6.30. The van der Waals surface area contributed by atoms with Gasteiger partial charge in [0.05, 0.1) is 7.11 Å².